The fraction of sp³-hybridized carbons (Fsp3) is 0.545. The van der Waals surface area contributed by atoms with E-state index in [4.69, 9.17) is 5.84 Å². The van der Waals surface area contributed by atoms with Crippen LogP contribution in [-0.4, -0.2) is 52.9 Å². The Morgan fingerprint density at radius 1 is 1.48 bits per heavy atom. The largest absolute Gasteiger partial charge is 0.354 e. The monoisotopic (exact) mass is 297 g/mol. The molecule has 0 aliphatic rings. The fourth-order valence-corrected chi connectivity index (χ4v) is 1.71. The second-order valence-electron chi connectivity index (χ2n) is 4.51. The normalized spacial score (nSPS) is 10.1. The third-order valence-corrected chi connectivity index (χ3v) is 2.74. The predicted octanol–water partition coefficient (Wildman–Crippen LogP) is -0.0250. The first-order valence-corrected chi connectivity index (χ1v) is 6.33. The van der Waals surface area contributed by atoms with Crippen molar-refractivity contribution in [2.24, 2.45) is 5.84 Å². The van der Waals surface area contributed by atoms with Crippen LogP contribution in [0.15, 0.2) is 6.33 Å². The van der Waals surface area contributed by atoms with E-state index >= 15 is 0 Å². The number of hydrogen-bond acceptors (Lipinski definition) is 8. The Labute approximate surface area is 122 Å². The Bertz CT molecular complexity index is 521. The molecule has 0 aromatic carbocycles. The Morgan fingerprint density at radius 2 is 2.14 bits per heavy atom. The summed E-state index contributed by atoms with van der Waals surface area (Å²) in [6, 6.07) is 0. The number of carbonyl (C=O) groups is 1. The highest BCUT2D eigenvalue weighted by molar-refractivity contribution is 5.82. The van der Waals surface area contributed by atoms with Gasteiger partial charge >= 0.3 is 5.69 Å². The highest BCUT2D eigenvalue weighted by Crippen LogP contribution is 2.31. The van der Waals surface area contributed by atoms with E-state index in [9.17, 15) is 14.9 Å². The van der Waals surface area contributed by atoms with Crippen LogP contribution in [0.25, 0.3) is 0 Å². The van der Waals surface area contributed by atoms with Gasteiger partial charge in [0.15, 0.2) is 0 Å². The van der Waals surface area contributed by atoms with Crippen molar-refractivity contribution in [1.82, 2.24) is 14.9 Å². The molecular formula is C11H19N7O3. The summed E-state index contributed by atoms with van der Waals surface area (Å²) in [5.74, 6) is 5.04. The van der Waals surface area contributed by atoms with Gasteiger partial charge in [0.05, 0.1) is 11.5 Å². The molecule has 0 atom stereocenters. The number of nitro groups is 1. The highest BCUT2D eigenvalue weighted by atomic mass is 16.6. The van der Waals surface area contributed by atoms with Gasteiger partial charge in [-0.25, -0.2) is 15.8 Å². The summed E-state index contributed by atoms with van der Waals surface area (Å²) in [5, 5.41) is 11.2. The fourth-order valence-electron chi connectivity index (χ4n) is 1.71. The van der Waals surface area contributed by atoms with E-state index in [1.54, 1.807) is 19.0 Å². The van der Waals surface area contributed by atoms with E-state index < -0.39 is 4.92 Å². The van der Waals surface area contributed by atoms with Gasteiger partial charge < -0.3 is 15.2 Å². The van der Waals surface area contributed by atoms with Gasteiger partial charge in [0.25, 0.3) is 0 Å². The number of aromatic nitrogens is 2. The maximum Gasteiger partial charge on any atom is 0.354 e. The van der Waals surface area contributed by atoms with Gasteiger partial charge in [-0.3, -0.25) is 14.9 Å². The number of rotatable bonds is 7. The molecule has 1 aromatic rings. The average Bonchev–Trinajstić information content (AvgIpc) is 2.45. The molecule has 0 aliphatic carbocycles. The minimum Gasteiger partial charge on any atom is -0.347 e. The van der Waals surface area contributed by atoms with Crippen LogP contribution in [0.5, 0.6) is 0 Å². The molecule has 116 valence electrons. The molecule has 0 unspecified atom stereocenters. The van der Waals surface area contributed by atoms with Gasteiger partial charge in [0, 0.05) is 20.6 Å². The van der Waals surface area contributed by atoms with Crippen molar-refractivity contribution in [2.75, 3.05) is 37.5 Å². The van der Waals surface area contributed by atoms with Crippen molar-refractivity contribution in [3.05, 3.63) is 16.4 Å². The number of nitrogens with one attached hydrogen (secondary N) is 1. The summed E-state index contributed by atoms with van der Waals surface area (Å²) in [6.45, 7) is 2.34. The van der Waals surface area contributed by atoms with Gasteiger partial charge in [-0.05, 0) is 6.42 Å². The number of hydrazine groups is 1. The van der Waals surface area contributed by atoms with Crippen molar-refractivity contribution in [1.29, 1.82) is 0 Å². The summed E-state index contributed by atoms with van der Waals surface area (Å²) >= 11 is 0. The number of hydrogen-bond donors (Lipinski definition) is 2. The number of nitrogens with zero attached hydrogens (tertiary/aromatic N) is 5. The van der Waals surface area contributed by atoms with E-state index in [0.717, 1.165) is 0 Å². The van der Waals surface area contributed by atoms with Crippen molar-refractivity contribution in [3.63, 3.8) is 0 Å². The molecule has 0 aliphatic heterocycles. The molecule has 0 bridgehead atoms. The smallest absolute Gasteiger partial charge is 0.347 e. The molecule has 0 radical (unpaired) electrons. The minimum atomic E-state index is -0.618. The maximum absolute atomic E-state index is 11.9. The van der Waals surface area contributed by atoms with Crippen LogP contribution in [0.4, 0.5) is 17.3 Å². The van der Waals surface area contributed by atoms with Crippen molar-refractivity contribution in [2.45, 2.75) is 13.3 Å². The molecule has 10 nitrogen and oxygen atoms in total. The lowest BCUT2D eigenvalue weighted by Crippen LogP contribution is -2.38. The van der Waals surface area contributed by atoms with E-state index in [0.29, 0.717) is 13.0 Å². The first-order valence-electron chi connectivity index (χ1n) is 6.33. The molecule has 1 rings (SSSR count). The summed E-state index contributed by atoms with van der Waals surface area (Å²) in [6.07, 6.45) is 1.87. The van der Waals surface area contributed by atoms with Gasteiger partial charge in [-0.15, -0.1) is 0 Å². The number of anilines is 2. The van der Waals surface area contributed by atoms with Gasteiger partial charge in [-0.2, -0.15) is 0 Å². The zero-order valence-electron chi connectivity index (χ0n) is 12.2. The van der Waals surface area contributed by atoms with Crippen LogP contribution >= 0.6 is 0 Å². The summed E-state index contributed by atoms with van der Waals surface area (Å²) in [5.41, 5.74) is 1.83. The third kappa shape index (κ3) is 3.99. The molecule has 21 heavy (non-hydrogen) atoms. The quantitative estimate of drug-likeness (QED) is 0.407. The third-order valence-electron chi connectivity index (χ3n) is 2.74. The summed E-state index contributed by atoms with van der Waals surface area (Å²) in [7, 11) is 3.24. The first kappa shape index (κ1) is 16.6. The number of likely N-dealkylation sites (N-methyl/N-ethyl adjacent to an activating group) is 1. The molecular weight excluding hydrogens is 278 g/mol. The minimum absolute atomic E-state index is 0.0112. The van der Waals surface area contributed by atoms with E-state index in [1.165, 1.54) is 11.2 Å². The average molecular weight is 297 g/mol. The van der Waals surface area contributed by atoms with Crippen LogP contribution in [0.1, 0.15) is 13.3 Å². The lowest BCUT2D eigenvalue weighted by molar-refractivity contribution is -0.383. The number of carbonyl (C=O) groups excluding carboxylic acids is 1. The van der Waals surface area contributed by atoms with Crippen molar-refractivity contribution >= 4 is 23.2 Å². The van der Waals surface area contributed by atoms with Crippen LogP contribution in [0, 0.1) is 10.1 Å². The zero-order chi connectivity index (χ0) is 16.0. The predicted molar refractivity (Wildman–Crippen MR) is 77.7 cm³/mol. The van der Waals surface area contributed by atoms with Crippen LogP contribution in [0.3, 0.4) is 0 Å². The van der Waals surface area contributed by atoms with Gasteiger partial charge in [0.1, 0.15) is 6.33 Å². The molecule has 1 aromatic heterocycles. The Morgan fingerprint density at radius 3 is 2.62 bits per heavy atom. The van der Waals surface area contributed by atoms with Gasteiger partial charge in [-0.1, -0.05) is 6.92 Å². The van der Waals surface area contributed by atoms with Crippen LogP contribution in [-0.2, 0) is 4.79 Å². The van der Waals surface area contributed by atoms with Crippen LogP contribution in [0.2, 0.25) is 0 Å². The molecule has 0 spiro atoms. The lowest BCUT2D eigenvalue weighted by Gasteiger charge is -2.24. The molecule has 10 heteroatoms. The molecule has 0 fully saturated rings. The van der Waals surface area contributed by atoms with E-state index in [2.05, 4.69) is 15.4 Å². The molecule has 1 heterocycles. The molecule has 0 saturated carbocycles. The SMILES string of the molecule is CCCN(CC(=O)N(C)C)c1ncnc(NN)c1[N+](=O)[O-]. The number of nitrogen functional groups attached to an aromatic ring is 1. The number of amides is 1. The molecule has 0 saturated heterocycles. The van der Waals surface area contributed by atoms with Crippen molar-refractivity contribution in [3.8, 4) is 0 Å². The standard InChI is InChI=1S/C11H19N7O3/c1-4-5-17(6-8(19)16(2)3)11-9(18(20)21)10(15-12)13-7-14-11/h7H,4-6,12H2,1-3H3,(H,13,14,15). The van der Waals surface area contributed by atoms with Crippen LogP contribution < -0.4 is 16.2 Å². The van der Waals surface area contributed by atoms with Crippen molar-refractivity contribution < 1.29 is 9.72 Å². The molecule has 1 amide bonds. The van der Waals surface area contributed by atoms with Gasteiger partial charge in [0.2, 0.25) is 17.5 Å². The maximum atomic E-state index is 11.9. The van der Waals surface area contributed by atoms with E-state index in [1.807, 2.05) is 6.92 Å². The Kier molecular flexibility index (Phi) is 5.79. The zero-order valence-corrected chi connectivity index (χ0v) is 12.2. The second kappa shape index (κ2) is 7.33. The first-order chi connectivity index (χ1) is 9.92. The Hall–Kier alpha value is -2.49. The molecule has 3 N–H and O–H groups in total. The Balaban J connectivity index is 3.24. The topological polar surface area (TPSA) is 131 Å². The highest BCUT2D eigenvalue weighted by Gasteiger charge is 2.27. The summed E-state index contributed by atoms with van der Waals surface area (Å²) < 4.78 is 0. The van der Waals surface area contributed by atoms with E-state index in [-0.39, 0.29) is 29.8 Å². The number of nitrogens with two attached hydrogens (primary N) is 1. The summed E-state index contributed by atoms with van der Waals surface area (Å²) in [4.78, 5) is 33.1. The second-order valence-corrected chi connectivity index (χ2v) is 4.51. The lowest BCUT2D eigenvalue weighted by atomic mass is 10.3.